The Morgan fingerprint density at radius 2 is 1.62 bits per heavy atom. The van der Waals surface area contributed by atoms with Gasteiger partial charge in [0.05, 0.1) is 13.2 Å². The van der Waals surface area contributed by atoms with Crippen molar-refractivity contribution >= 4 is 12.1 Å². The highest BCUT2D eigenvalue weighted by Gasteiger charge is 2.30. The van der Waals surface area contributed by atoms with Crippen molar-refractivity contribution in [3.63, 3.8) is 0 Å². The van der Waals surface area contributed by atoms with Gasteiger partial charge in [-0.3, -0.25) is 0 Å². The number of carbonyl (C=O) groups is 2. The fraction of sp³-hybridized carbons (Fsp3) is 0.222. The van der Waals surface area contributed by atoms with Crippen LogP contribution in [0.15, 0.2) is 60.7 Å². The molecule has 6 nitrogen and oxygen atoms in total. The molecule has 24 heavy (non-hydrogen) atoms. The number of amides is 1. The van der Waals surface area contributed by atoms with E-state index in [0.717, 1.165) is 5.56 Å². The maximum absolute atomic E-state index is 12.0. The molecule has 0 saturated heterocycles. The minimum absolute atomic E-state index is 0.0858. The van der Waals surface area contributed by atoms with E-state index >= 15 is 0 Å². The van der Waals surface area contributed by atoms with E-state index in [0.29, 0.717) is 5.56 Å². The number of alkyl carbamates (subject to hydrolysis) is 1. The molecule has 0 fully saturated rings. The van der Waals surface area contributed by atoms with Crippen molar-refractivity contribution in [2.24, 2.45) is 0 Å². The third kappa shape index (κ3) is 4.82. The second kappa shape index (κ2) is 8.69. The van der Waals surface area contributed by atoms with Gasteiger partial charge in [-0.25, -0.2) is 9.59 Å². The van der Waals surface area contributed by atoms with E-state index in [1.165, 1.54) is 7.11 Å². The van der Waals surface area contributed by atoms with E-state index in [4.69, 9.17) is 4.74 Å². The zero-order valence-corrected chi connectivity index (χ0v) is 13.2. The summed E-state index contributed by atoms with van der Waals surface area (Å²) in [4.78, 5) is 23.6. The van der Waals surface area contributed by atoms with Crippen molar-refractivity contribution in [1.29, 1.82) is 0 Å². The molecule has 2 atom stereocenters. The highest BCUT2D eigenvalue weighted by molar-refractivity contribution is 5.77. The van der Waals surface area contributed by atoms with E-state index < -0.39 is 24.2 Å². The highest BCUT2D eigenvalue weighted by Crippen LogP contribution is 2.18. The van der Waals surface area contributed by atoms with Crippen LogP contribution in [0.25, 0.3) is 0 Å². The van der Waals surface area contributed by atoms with Gasteiger partial charge in [-0.15, -0.1) is 0 Å². The Labute approximate surface area is 140 Å². The molecule has 0 aromatic heterocycles. The molecule has 6 heteroatoms. The van der Waals surface area contributed by atoms with E-state index in [1.54, 1.807) is 30.3 Å². The number of hydrogen-bond donors (Lipinski definition) is 2. The lowest BCUT2D eigenvalue weighted by Crippen LogP contribution is -2.41. The lowest BCUT2D eigenvalue weighted by molar-refractivity contribution is -0.152. The third-order valence-corrected chi connectivity index (χ3v) is 3.40. The Bertz CT molecular complexity index is 660. The summed E-state index contributed by atoms with van der Waals surface area (Å²) in [6, 6.07) is 16.9. The van der Waals surface area contributed by atoms with E-state index in [-0.39, 0.29) is 6.61 Å². The highest BCUT2D eigenvalue weighted by atomic mass is 16.6. The van der Waals surface area contributed by atoms with Crippen LogP contribution in [0.3, 0.4) is 0 Å². The topological polar surface area (TPSA) is 84.9 Å². The van der Waals surface area contributed by atoms with Gasteiger partial charge in [0.2, 0.25) is 0 Å². The average Bonchev–Trinajstić information content (AvgIpc) is 2.64. The SMILES string of the molecule is COC(=O)C(O)C(NC(=O)OCc1ccccc1)c1ccccc1. The molecule has 0 aliphatic rings. The first-order chi connectivity index (χ1) is 11.6. The first-order valence-corrected chi connectivity index (χ1v) is 7.40. The van der Waals surface area contributed by atoms with Crippen LogP contribution in [0.4, 0.5) is 4.79 Å². The van der Waals surface area contributed by atoms with Crippen molar-refractivity contribution in [3.05, 3.63) is 71.8 Å². The Kier molecular flexibility index (Phi) is 6.33. The largest absolute Gasteiger partial charge is 0.467 e. The van der Waals surface area contributed by atoms with Crippen LogP contribution in [-0.4, -0.2) is 30.4 Å². The Morgan fingerprint density at radius 1 is 1.04 bits per heavy atom. The van der Waals surface area contributed by atoms with Gasteiger partial charge in [-0.1, -0.05) is 60.7 Å². The molecule has 0 spiro atoms. The first kappa shape index (κ1) is 17.5. The monoisotopic (exact) mass is 329 g/mol. The fourth-order valence-corrected chi connectivity index (χ4v) is 2.15. The van der Waals surface area contributed by atoms with Crippen LogP contribution in [0, 0.1) is 0 Å². The summed E-state index contributed by atoms with van der Waals surface area (Å²) in [6.45, 7) is 0.0858. The van der Waals surface area contributed by atoms with Crippen molar-refractivity contribution in [2.45, 2.75) is 18.8 Å². The molecule has 0 bridgehead atoms. The second-order valence-electron chi connectivity index (χ2n) is 5.06. The summed E-state index contributed by atoms with van der Waals surface area (Å²) in [6.07, 6.45) is -2.28. The van der Waals surface area contributed by atoms with E-state index in [9.17, 15) is 14.7 Å². The smallest absolute Gasteiger partial charge is 0.408 e. The number of aliphatic hydroxyl groups is 1. The van der Waals surface area contributed by atoms with Gasteiger partial charge in [-0.2, -0.15) is 0 Å². The zero-order valence-electron chi connectivity index (χ0n) is 13.2. The average molecular weight is 329 g/mol. The van der Waals surface area contributed by atoms with E-state index in [2.05, 4.69) is 10.1 Å². The molecule has 0 saturated carbocycles. The number of ether oxygens (including phenoxy) is 2. The molecule has 2 rings (SSSR count). The molecule has 2 unspecified atom stereocenters. The summed E-state index contributed by atoms with van der Waals surface area (Å²) in [5.74, 6) is -0.841. The van der Waals surface area contributed by atoms with Gasteiger partial charge < -0.3 is 19.9 Å². The van der Waals surface area contributed by atoms with E-state index in [1.807, 2.05) is 30.3 Å². The normalized spacial score (nSPS) is 12.8. The molecule has 1 amide bonds. The number of hydrogen-bond acceptors (Lipinski definition) is 5. The number of rotatable bonds is 6. The Balaban J connectivity index is 2.04. The van der Waals surface area contributed by atoms with Gasteiger partial charge in [-0.05, 0) is 11.1 Å². The number of aliphatic hydroxyl groups excluding tert-OH is 1. The zero-order chi connectivity index (χ0) is 17.4. The van der Waals surface area contributed by atoms with Crippen molar-refractivity contribution in [3.8, 4) is 0 Å². The standard InChI is InChI=1S/C18H19NO5/c1-23-17(21)16(20)15(14-10-6-3-7-11-14)19-18(22)24-12-13-8-4-2-5-9-13/h2-11,15-16,20H,12H2,1H3,(H,19,22). The molecule has 0 radical (unpaired) electrons. The predicted octanol–water partition coefficient (Wildman–Crippen LogP) is 2.19. The van der Waals surface area contributed by atoms with Gasteiger partial charge in [0.25, 0.3) is 0 Å². The van der Waals surface area contributed by atoms with Crippen LogP contribution in [0.1, 0.15) is 17.2 Å². The molecule has 0 aliphatic carbocycles. The Morgan fingerprint density at radius 3 is 2.21 bits per heavy atom. The van der Waals surface area contributed by atoms with Gasteiger partial charge in [0.15, 0.2) is 6.10 Å². The van der Waals surface area contributed by atoms with Crippen LogP contribution in [0.5, 0.6) is 0 Å². The van der Waals surface area contributed by atoms with Crippen molar-refractivity contribution < 1.29 is 24.2 Å². The number of carbonyl (C=O) groups excluding carboxylic acids is 2. The molecule has 2 aromatic rings. The summed E-state index contributed by atoms with van der Waals surface area (Å²) in [5.41, 5.74) is 1.39. The fourth-order valence-electron chi connectivity index (χ4n) is 2.15. The van der Waals surface area contributed by atoms with Crippen LogP contribution < -0.4 is 5.32 Å². The number of methoxy groups -OCH3 is 1. The molecule has 2 aromatic carbocycles. The quantitative estimate of drug-likeness (QED) is 0.794. The Hall–Kier alpha value is -2.86. The molecular weight excluding hydrogens is 310 g/mol. The van der Waals surface area contributed by atoms with Crippen LogP contribution >= 0.6 is 0 Å². The maximum atomic E-state index is 12.0. The summed E-state index contributed by atoms with van der Waals surface area (Å²) in [5, 5.41) is 12.6. The number of esters is 1. The maximum Gasteiger partial charge on any atom is 0.408 e. The van der Waals surface area contributed by atoms with Crippen LogP contribution in [0.2, 0.25) is 0 Å². The van der Waals surface area contributed by atoms with Gasteiger partial charge >= 0.3 is 12.1 Å². The molecular formula is C18H19NO5. The summed E-state index contributed by atoms with van der Waals surface area (Å²) in [7, 11) is 1.17. The van der Waals surface area contributed by atoms with Crippen molar-refractivity contribution in [1.82, 2.24) is 5.32 Å². The number of nitrogens with one attached hydrogen (secondary N) is 1. The molecule has 2 N–H and O–H groups in total. The predicted molar refractivity (Wildman–Crippen MR) is 87.0 cm³/mol. The second-order valence-corrected chi connectivity index (χ2v) is 5.06. The summed E-state index contributed by atoms with van der Waals surface area (Å²) < 4.78 is 9.67. The first-order valence-electron chi connectivity index (χ1n) is 7.40. The van der Waals surface area contributed by atoms with Crippen molar-refractivity contribution in [2.75, 3.05) is 7.11 Å². The van der Waals surface area contributed by atoms with Gasteiger partial charge in [0, 0.05) is 0 Å². The minimum atomic E-state index is -1.54. The summed E-state index contributed by atoms with van der Waals surface area (Å²) >= 11 is 0. The number of benzene rings is 2. The molecule has 0 aliphatic heterocycles. The third-order valence-electron chi connectivity index (χ3n) is 3.40. The van der Waals surface area contributed by atoms with Crippen LogP contribution in [-0.2, 0) is 20.9 Å². The lowest BCUT2D eigenvalue weighted by atomic mass is 10.0. The van der Waals surface area contributed by atoms with Gasteiger partial charge in [0.1, 0.15) is 6.61 Å². The molecule has 0 heterocycles. The molecule has 126 valence electrons. The minimum Gasteiger partial charge on any atom is -0.467 e. The lowest BCUT2D eigenvalue weighted by Gasteiger charge is -2.22.